The number of hydrazone groups is 1. The number of benzene rings is 2. The number of nitrogens with one attached hydrogen (secondary N) is 2. The van der Waals surface area contributed by atoms with Crippen molar-refractivity contribution in [1.29, 1.82) is 0 Å². The van der Waals surface area contributed by atoms with E-state index in [9.17, 15) is 10.3 Å². The molecule has 0 amide bonds. The van der Waals surface area contributed by atoms with Crippen LogP contribution in [0, 0.1) is 5.21 Å². The van der Waals surface area contributed by atoms with Gasteiger partial charge < -0.3 is 10.3 Å². The fourth-order valence-corrected chi connectivity index (χ4v) is 2.13. The minimum Gasteiger partial charge on any atom is -0.595 e. The average molecular weight is 310 g/mol. The highest BCUT2D eigenvalue weighted by Gasteiger charge is 2.10. The molecule has 0 saturated carbocycles. The van der Waals surface area contributed by atoms with Crippen LogP contribution in [0.25, 0.3) is 10.9 Å². The zero-order valence-electron chi connectivity index (χ0n) is 12.0. The number of nitrogens with zero attached hydrogens (tertiary/aromatic N) is 2. The maximum absolute atomic E-state index is 11.0. The monoisotopic (exact) mass is 310 g/mol. The van der Waals surface area contributed by atoms with Crippen molar-refractivity contribution < 1.29 is 15.5 Å². The Bertz CT molecular complexity index is 865. The molecule has 7 nitrogen and oxygen atoms in total. The molecule has 4 N–H and O–H groups in total. The highest BCUT2D eigenvalue weighted by atomic mass is 16.8. The highest BCUT2D eigenvalue weighted by Crippen LogP contribution is 2.22. The molecule has 3 aromatic rings. The van der Waals surface area contributed by atoms with E-state index in [1.165, 1.54) is 12.3 Å². The summed E-state index contributed by atoms with van der Waals surface area (Å²) in [5.41, 5.74) is 3.73. The maximum atomic E-state index is 11.0. The summed E-state index contributed by atoms with van der Waals surface area (Å²) in [6.07, 6.45) is 1.35. The van der Waals surface area contributed by atoms with Gasteiger partial charge in [-0.05, 0) is 24.3 Å². The van der Waals surface area contributed by atoms with Gasteiger partial charge in [-0.25, -0.2) is 10.2 Å². The first-order chi connectivity index (χ1) is 11.1. The second-order valence-electron chi connectivity index (χ2n) is 4.81. The summed E-state index contributed by atoms with van der Waals surface area (Å²) in [6.45, 7) is 0. The van der Waals surface area contributed by atoms with E-state index in [1.54, 1.807) is 18.2 Å². The number of pyridine rings is 1. The van der Waals surface area contributed by atoms with Gasteiger partial charge in [-0.2, -0.15) is 10.3 Å². The fraction of sp³-hybridized carbons (Fsp3) is 0. The molecular weight excluding hydrogens is 296 g/mol. The van der Waals surface area contributed by atoms with Gasteiger partial charge in [0.25, 0.3) is 0 Å². The standard InChI is InChI=1S/C16H14N4O3/c21-16-12(5-3-7-14(16)20(22)23)10-17-19-15-9-8-11-4-1-2-6-13(11)18-15/h1-10,20-22H,(H,18,19). The number of phenolic OH excluding ortho intramolecular Hbond substituents is 1. The van der Waals surface area contributed by atoms with Crippen LogP contribution in [0.15, 0.2) is 59.7 Å². The molecule has 116 valence electrons. The van der Waals surface area contributed by atoms with Crippen molar-refractivity contribution in [2.75, 3.05) is 5.43 Å². The Morgan fingerprint density at radius 1 is 1.09 bits per heavy atom. The van der Waals surface area contributed by atoms with E-state index in [4.69, 9.17) is 5.21 Å². The molecule has 2 aromatic carbocycles. The number of para-hydroxylation sites is 2. The number of hydrogen-bond donors (Lipinski definition) is 4. The smallest absolute Gasteiger partial charge is 0.206 e. The second kappa shape index (κ2) is 6.41. The molecule has 1 aromatic heterocycles. The van der Waals surface area contributed by atoms with Crippen molar-refractivity contribution >= 4 is 28.6 Å². The molecule has 0 aliphatic rings. The zero-order chi connectivity index (χ0) is 16.2. The summed E-state index contributed by atoms with van der Waals surface area (Å²) >= 11 is 0. The lowest BCUT2D eigenvalue weighted by atomic mass is 10.2. The van der Waals surface area contributed by atoms with Crippen LogP contribution < -0.4 is 10.7 Å². The van der Waals surface area contributed by atoms with Crippen LogP contribution in [0.1, 0.15) is 5.56 Å². The molecule has 0 aliphatic heterocycles. The van der Waals surface area contributed by atoms with Crippen LogP contribution >= 0.6 is 0 Å². The van der Waals surface area contributed by atoms with E-state index in [0.717, 1.165) is 10.9 Å². The molecule has 7 heteroatoms. The lowest BCUT2D eigenvalue weighted by Crippen LogP contribution is -2.99. The van der Waals surface area contributed by atoms with E-state index in [0.29, 0.717) is 11.4 Å². The first-order valence-electron chi connectivity index (χ1n) is 6.85. The molecule has 0 saturated heterocycles. The van der Waals surface area contributed by atoms with E-state index in [1.807, 2.05) is 30.3 Å². The SMILES string of the molecule is [O-][NH+](O)c1cccc(C=NNc2ccc3ccccc3n2)c1O. The van der Waals surface area contributed by atoms with Crippen LogP contribution in [0.3, 0.4) is 0 Å². The first-order valence-corrected chi connectivity index (χ1v) is 6.85. The van der Waals surface area contributed by atoms with Crippen molar-refractivity contribution in [3.05, 3.63) is 65.4 Å². The van der Waals surface area contributed by atoms with Gasteiger partial charge in [0.15, 0.2) is 5.75 Å². The van der Waals surface area contributed by atoms with Crippen LogP contribution in [-0.4, -0.2) is 21.5 Å². The molecule has 0 radical (unpaired) electrons. The molecule has 0 bridgehead atoms. The summed E-state index contributed by atoms with van der Waals surface area (Å²) in [7, 11) is 0. The van der Waals surface area contributed by atoms with Gasteiger partial charge in [0, 0.05) is 17.0 Å². The van der Waals surface area contributed by atoms with Crippen LogP contribution in [0.5, 0.6) is 5.75 Å². The number of rotatable bonds is 4. The van der Waals surface area contributed by atoms with Crippen LogP contribution in [-0.2, 0) is 0 Å². The summed E-state index contributed by atoms with van der Waals surface area (Å²) < 4.78 is 0. The minimum absolute atomic E-state index is 0.169. The van der Waals surface area contributed by atoms with Gasteiger partial charge in [-0.15, -0.1) is 0 Å². The van der Waals surface area contributed by atoms with Crippen molar-refractivity contribution in [3.63, 3.8) is 0 Å². The summed E-state index contributed by atoms with van der Waals surface area (Å²) in [4.78, 5) is 4.39. The van der Waals surface area contributed by atoms with Gasteiger partial charge in [0.2, 0.25) is 5.69 Å². The topological polar surface area (TPSA) is 105 Å². The number of fused-ring (bicyclic) bond motifs is 1. The molecular formula is C16H14N4O3. The molecule has 0 spiro atoms. The zero-order valence-corrected chi connectivity index (χ0v) is 12.0. The Labute approximate surface area is 131 Å². The molecule has 0 aliphatic carbocycles. The number of anilines is 1. The molecule has 0 fully saturated rings. The third-order valence-electron chi connectivity index (χ3n) is 3.28. The summed E-state index contributed by atoms with van der Waals surface area (Å²) in [6, 6.07) is 15.8. The summed E-state index contributed by atoms with van der Waals surface area (Å²) in [5, 5.41) is 33.6. The van der Waals surface area contributed by atoms with Crippen molar-refractivity contribution in [2.24, 2.45) is 5.10 Å². The van der Waals surface area contributed by atoms with Gasteiger partial charge in [0.1, 0.15) is 5.82 Å². The third kappa shape index (κ3) is 3.27. The predicted molar refractivity (Wildman–Crippen MR) is 86.8 cm³/mol. The molecule has 23 heavy (non-hydrogen) atoms. The largest absolute Gasteiger partial charge is 0.595 e. The van der Waals surface area contributed by atoms with Gasteiger partial charge >= 0.3 is 0 Å². The maximum Gasteiger partial charge on any atom is 0.206 e. The van der Waals surface area contributed by atoms with Gasteiger partial charge in [-0.1, -0.05) is 24.3 Å². The van der Waals surface area contributed by atoms with Crippen molar-refractivity contribution in [3.8, 4) is 5.75 Å². The second-order valence-corrected chi connectivity index (χ2v) is 4.81. The Morgan fingerprint density at radius 3 is 2.74 bits per heavy atom. The number of aromatic nitrogens is 1. The first kappa shape index (κ1) is 14.9. The van der Waals surface area contributed by atoms with E-state index < -0.39 is 5.23 Å². The Morgan fingerprint density at radius 2 is 1.91 bits per heavy atom. The third-order valence-corrected chi connectivity index (χ3v) is 3.28. The molecule has 1 heterocycles. The quantitative estimate of drug-likeness (QED) is 0.334. The van der Waals surface area contributed by atoms with Crippen LogP contribution in [0.2, 0.25) is 0 Å². The lowest BCUT2D eigenvalue weighted by Gasteiger charge is -2.13. The normalized spacial score (nSPS) is 12.6. The van der Waals surface area contributed by atoms with Crippen molar-refractivity contribution in [2.45, 2.75) is 0 Å². The average Bonchev–Trinajstić information content (AvgIpc) is 2.56. The Balaban J connectivity index is 1.79. The Hall–Kier alpha value is -3.00. The van der Waals surface area contributed by atoms with E-state index in [-0.39, 0.29) is 11.4 Å². The van der Waals surface area contributed by atoms with Gasteiger partial charge in [-0.3, -0.25) is 5.43 Å². The Kier molecular flexibility index (Phi) is 4.15. The van der Waals surface area contributed by atoms with E-state index in [2.05, 4.69) is 15.5 Å². The van der Waals surface area contributed by atoms with E-state index >= 15 is 0 Å². The number of phenols is 1. The molecule has 1 unspecified atom stereocenters. The summed E-state index contributed by atoms with van der Waals surface area (Å²) in [5.74, 6) is 0.228. The lowest BCUT2D eigenvalue weighted by molar-refractivity contribution is -0.991. The number of aromatic hydroxyl groups is 1. The van der Waals surface area contributed by atoms with Crippen LogP contribution in [0.4, 0.5) is 11.5 Å². The van der Waals surface area contributed by atoms with Crippen molar-refractivity contribution in [1.82, 2.24) is 4.98 Å². The van der Waals surface area contributed by atoms with Gasteiger partial charge in [0.05, 0.1) is 11.7 Å². The predicted octanol–water partition coefficient (Wildman–Crippen LogP) is 1.79. The fourth-order valence-electron chi connectivity index (χ4n) is 2.13. The number of quaternary nitrogens is 1. The molecule has 1 atom stereocenters. The number of hydrogen-bond acceptors (Lipinski definition) is 6. The minimum atomic E-state index is -1.19. The highest BCUT2D eigenvalue weighted by molar-refractivity contribution is 5.86. The molecule has 3 rings (SSSR count).